The number of benzene rings is 1. The molecule has 2 rings (SSSR count). The smallest absolute Gasteiger partial charge is 0.0802 e. The van der Waals surface area contributed by atoms with Gasteiger partial charge in [-0.2, -0.15) is 0 Å². The van der Waals surface area contributed by atoms with Gasteiger partial charge < -0.3 is 10.4 Å². The number of nitrogens with one attached hydrogen (secondary N) is 1. The molecule has 0 saturated heterocycles. The summed E-state index contributed by atoms with van der Waals surface area (Å²) in [6, 6.07) is 8.44. The minimum Gasteiger partial charge on any atom is -0.388 e. The van der Waals surface area contributed by atoms with Gasteiger partial charge in [0.05, 0.1) is 6.10 Å². The molecule has 1 aliphatic carbocycles. The molecule has 18 heavy (non-hydrogen) atoms. The highest BCUT2D eigenvalue weighted by atomic mass is 32.2. The predicted octanol–water partition coefficient (Wildman–Crippen LogP) is 3.36. The summed E-state index contributed by atoms with van der Waals surface area (Å²) in [5.74, 6) is 0. The van der Waals surface area contributed by atoms with Gasteiger partial charge in [0.1, 0.15) is 0 Å². The number of rotatable bonds is 6. The van der Waals surface area contributed by atoms with E-state index in [-0.39, 0.29) is 6.10 Å². The average Bonchev–Trinajstić information content (AvgIpc) is 2.89. The summed E-state index contributed by atoms with van der Waals surface area (Å²) >= 11 is 2.00. The predicted molar refractivity (Wildman–Crippen MR) is 78.1 cm³/mol. The van der Waals surface area contributed by atoms with Gasteiger partial charge in [0.25, 0.3) is 0 Å². The zero-order valence-electron chi connectivity index (χ0n) is 11.1. The lowest BCUT2D eigenvalue weighted by Gasteiger charge is -2.12. The second-order valence-electron chi connectivity index (χ2n) is 5.00. The van der Waals surface area contributed by atoms with Crippen LogP contribution in [0, 0.1) is 0 Å². The highest BCUT2D eigenvalue weighted by molar-refractivity contribution is 8.00. The van der Waals surface area contributed by atoms with E-state index in [1.54, 1.807) is 0 Å². The Morgan fingerprint density at radius 2 is 1.94 bits per heavy atom. The standard InChI is InChI=1S/C15H23NOS/c1-16-11-10-15(17)12-6-8-14(9-7-12)18-13-4-2-3-5-13/h6-9,13,15-17H,2-5,10-11H2,1H3. The summed E-state index contributed by atoms with van der Waals surface area (Å²) in [5, 5.41) is 13.9. The number of hydrogen-bond donors (Lipinski definition) is 2. The average molecular weight is 265 g/mol. The van der Waals surface area contributed by atoms with Gasteiger partial charge >= 0.3 is 0 Å². The first-order valence-electron chi connectivity index (χ1n) is 6.89. The van der Waals surface area contributed by atoms with Crippen LogP contribution in [0.2, 0.25) is 0 Å². The summed E-state index contributed by atoms with van der Waals surface area (Å²) in [6.45, 7) is 0.847. The highest BCUT2D eigenvalue weighted by Crippen LogP contribution is 2.35. The van der Waals surface area contributed by atoms with E-state index in [1.807, 2.05) is 18.8 Å². The molecule has 1 aliphatic rings. The Bertz CT molecular complexity index is 346. The Balaban J connectivity index is 1.88. The zero-order valence-corrected chi connectivity index (χ0v) is 11.9. The molecule has 1 aromatic carbocycles. The fourth-order valence-electron chi connectivity index (χ4n) is 2.41. The molecule has 0 amide bonds. The topological polar surface area (TPSA) is 32.3 Å². The van der Waals surface area contributed by atoms with Gasteiger partial charge in [-0.25, -0.2) is 0 Å². The summed E-state index contributed by atoms with van der Waals surface area (Å²) in [4.78, 5) is 1.34. The zero-order chi connectivity index (χ0) is 12.8. The Kier molecular flexibility index (Phi) is 5.54. The molecule has 1 atom stereocenters. The van der Waals surface area contributed by atoms with Crippen LogP contribution in [0.5, 0.6) is 0 Å². The van der Waals surface area contributed by atoms with Crippen molar-refractivity contribution in [1.82, 2.24) is 5.32 Å². The lowest BCUT2D eigenvalue weighted by atomic mass is 10.1. The Hall–Kier alpha value is -0.510. The molecule has 0 heterocycles. The fraction of sp³-hybridized carbons (Fsp3) is 0.600. The van der Waals surface area contributed by atoms with Crippen molar-refractivity contribution in [3.05, 3.63) is 29.8 Å². The summed E-state index contributed by atoms with van der Waals surface area (Å²) in [5.41, 5.74) is 1.03. The van der Waals surface area contributed by atoms with E-state index < -0.39 is 0 Å². The van der Waals surface area contributed by atoms with Crippen molar-refractivity contribution in [3.63, 3.8) is 0 Å². The van der Waals surface area contributed by atoms with Crippen LogP contribution in [0.1, 0.15) is 43.8 Å². The van der Waals surface area contributed by atoms with Gasteiger partial charge in [0.2, 0.25) is 0 Å². The molecule has 2 N–H and O–H groups in total. The van der Waals surface area contributed by atoms with Crippen molar-refractivity contribution in [2.45, 2.75) is 48.4 Å². The molecule has 0 aromatic heterocycles. The minimum absolute atomic E-state index is 0.344. The molecule has 1 aromatic rings. The molecule has 2 nitrogen and oxygen atoms in total. The largest absolute Gasteiger partial charge is 0.388 e. The van der Waals surface area contributed by atoms with Crippen LogP contribution in [-0.2, 0) is 0 Å². The van der Waals surface area contributed by atoms with Gasteiger partial charge in [0, 0.05) is 10.1 Å². The molecule has 0 radical (unpaired) electrons. The summed E-state index contributed by atoms with van der Waals surface area (Å²) in [6.07, 6.45) is 5.92. The van der Waals surface area contributed by atoms with Crippen LogP contribution in [0.15, 0.2) is 29.2 Å². The van der Waals surface area contributed by atoms with E-state index in [2.05, 4.69) is 29.6 Å². The monoisotopic (exact) mass is 265 g/mol. The number of hydrogen-bond acceptors (Lipinski definition) is 3. The molecule has 0 aliphatic heterocycles. The van der Waals surface area contributed by atoms with Crippen molar-refractivity contribution < 1.29 is 5.11 Å². The first-order chi connectivity index (χ1) is 8.79. The molecular formula is C15H23NOS. The van der Waals surface area contributed by atoms with Crippen molar-refractivity contribution >= 4 is 11.8 Å². The van der Waals surface area contributed by atoms with Gasteiger partial charge in [-0.15, -0.1) is 11.8 Å². The normalized spacial score (nSPS) is 18.1. The van der Waals surface area contributed by atoms with E-state index in [0.717, 1.165) is 23.8 Å². The second kappa shape index (κ2) is 7.17. The molecule has 3 heteroatoms. The molecule has 1 saturated carbocycles. The van der Waals surface area contributed by atoms with Crippen molar-refractivity contribution in [2.24, 2.45) is 0 Å². The lowest BCUT2D eigenvalue weighted by molar-refractivity contribution is 0.167. The van der Waals surface area contributed by atoms with E-state index in [0.29, 0.717) is 0 Å². The van der Waals surface area contributed by atoms with Gasteiger partial charge in [-0.3, -0.25) is 0 Å². The van der Waals surface area contributed by atoms with E-state index in [1.165, 1.54) is 30.6 Å². The van der Waals surface area contributed by atoms with E-state index in [4.69, 9.17) is 0 Å². The van der Waals surface area contributed by atoms with Crippen LogP contribution < -0.4 is 5.32 Å². The Morgan fingerprint density at radius 1 is 1.28 bits per heavy atom. The maximum Gasteiger partial charge on any atom is 0.0802 e. The molecule has 1 unspecified atom stereocenters. The maximum absolute atomic E-state index is 9.98. The van der Waals surface area contributed by atoms with Gasteiger partial charge in [0.15, 0.2) is 0 Å². The Morgan fingerprint density at radius 3 is 2.56 bits per heavy atom. The molecule has 0 spiro atoms. The highest BCUT2D eigenvalue weighted by Gasteiger charge is 2.16. The molecule has 100 valence electrons. The first-order valence-corrected chi connectivity index (χ1v) is 7.77. The quantitative estimate of drug-likeness (QED) is 0.827. The van der Waals surface area contributed by atoms with Crippen LogP contribution in [0.4, 0.5) is 0 Å². The third-order valence-corrected chi connectivity index (χ3v) is 4.89. The third-order valence-electron chi connectivity index (χ3n) is 3.54. The summed E-state index contributed by atoms with van der Waals surface area (Å²) in [7, 11) is 1.91. The van der Waals surface area contributed by atoms with Gasteiger partial charge in [-0.05, 0) is 50.6 Å². The number of aliphatic hydroxyl groups is 1. The second-order valence-corrected chi connectivity index (χ2v) is 6.38. The summed E-state index contributed by atoms with van der Waals surface area (Å²) < 4.78 is 0. The van der Waals surface area contributed by atoms with E-state index in [9.17, 15) is 5.11 Å². The molecule has 1 fully saturated rings. The number of aliphatic hydroxyl groups excluding tert-OH is 1. The van der Waals surface area contributed by atoms with Crippen LogP contribution in [0.3, 0.4) is 0 Å². The first kappa shape index (κ1) is 13.9. The molecular weight excluding hydrogens is 242 g/mol. The fourth-order valence-corrected chi connectivity index (χ4v) is 3.66. The third kappa shape index (κ3) is 4.01. The van der Waals surface area contributed by atoms with Crippen LogP contribution in [-0.4, -0.2) is 23.9 Å². The maximum atomic E-state index is 9.98. The Labute approximate surface area is 114 Å². The van der Waals surface area contributed by atoms with Crippen molar-refractivity contribution in [1.29, 1.82) is 0 Å². The van der Waals surface area contributed by atoms with Crippen molar-refractivity contribution in [2.75, 3.05) is 13.6 Å². The minimum atomic E-state index is -0.344. The number of thioether (sulfide) groups is 1. The molecule has 0 bridgehead atoms. The van der Waals surface area contributed by atoms with Gasteiger partial charge in [-0.1, -0.05) is 25.0 Å². The SMILES string of the molecule is CNCCC(O)c1ccc(SC2CCCC2)cc1. The van der Waals surface area contributed by atoms with E-state index >= 15 is 0 Å². The lowest BCUT2D eigenvalue weighted by Crippen LogP contribution is -2.11. The van der Waals surface area contributed by atoms with Crippen molar-refractivity contribution in [3.8, 4) is 0 Å². The van der Waals surface area contributed by atoms with Crippen LogP contribution in [0.25, 0.3) is 0 Å². The van der Waals surface area contributed by atoms with Crippen LogP contribution >= 0.6 is 11.8 Å².